The van der Waals surface area contributed by atoms with Crippen molar-refractivity contribution in [3.8, 4) is 5.88 Å². The molecule has 1 saturated heterocycles. The Morgan fingerprint density at radius 1 is 1.15 bits per heavy atom. The molecule has 0 unspecified atom stereocenters. The molecule has 5 nitrogen and oxygen atoms in total. The predicted octanol–water partition coefficient (Wildman–Crippen LogP) is 2.97. The normalized spacial score (nSPS) is 20.7. The van der Waals surface area contributed by atoms with E-state index in [1.807, 2.05) is 23.1 Å². The fraction of sp³-hybridized carbons (Fsp3) is 0.444. The maximum absolute atomic E-state index is 12.9. The summed E-state index contributed by atoms with van der Waals surface area (Å²) in [7, 11) is 0. The summed E-state index contributed by atoms with van der Waals surface area (Å²) in [6.07, 6.45) is -3.00. The van der Waals surface area contributed by atoms with Crippen LogP contribution < -0.4 is 9.64 Å². The number of benzene rings is 1. The van der Waals surface area contributed by atoms with Crippen molar-refractivity contribution < 1.29 is 17.9 Å². The van der Waals surface area contributed by atoms with E-state index in [1.54, 1.807) is 0 Å². The van der Waals surface area contributed by atoms with E-state index in [2.05, 4.69) is 27.0 Å². The number of rotatable bonds is 2. The molecule has 0 saturated carbocycles. The van der Waals surface area contributed by atoms with Gasteiger partial charge in [0, 0.05) is 38.6 Å². The van der Waals surface area contributed by atoms with E-state index in [4.69, 9.17) is 4.74 Å². The van der Waals surface area contributed by atoms with Gasteiger partial charge in [-0.05, 0) is 5.56 Å². The molecule has 3 heterocycles. The second kappa shape index (κ2) is 6.75. The van der Waals surface area contributed by atoms with Crippen molar-refractivity contribution in [1.82, 2.24) is 14.9 Å². The first kappa shape index (κ1) is 17.1. The smallest absolute Gasteiger partial charge is 0.435 e. The minimum Gasteiger partial charge on any atom is -0.475 e. The molecule has 1 aromatic heterocycles. The quantitative estimate of drug-likeness (QED) is 0.820. The third-order valence-electron chi connectivity index (χ3n) is 4.79. The summed E-state index contributed by atoms with van der Waals surface area (Å²) in [6, 6.07) is 10.4. The van der Waals surface area contributed by atoms with Crippen LogP contribution in [0.25, 0.3) is 0 Å². The van der Waals surface area contributed by atoms with E-state index < -0.39 is 11.9 Å². The van der Waals surface area contributed by atoms with Gasteiger partial charge in [0.15, 0.2) is 11.5 Å². The summed E-state index contributed by atoms with van der Waals surface area (Å²) in [6.45, 7) is 3.52. The van der Waals surface area contributed by atoms with E-state index in [0.29, 0.717) is 19.0 Å². The number of piperazine rings is 1. The summed E-state index contributed by atoms with van der Waals surface area (Å²) >= 11 is 0. The van der Waals surface area contributed by atoms with Gasteiger partial charge in [0.2, 0.25) is 0 Å². The van der Waals surface area contributed by atoms with Crippen LogP contribution in [0.15, 0.2) is 36.5 Å². The number of ether oxygens (including phenoxy) is 1. The number of halogens is 3. The fourth-order valence-corrected chi connectivity index (χ4v) is 3.52. The van der Waals surface area contributed by atoms with Crippen LogP contribution in [0.5, 0.6) is 5.88 Å². The van der Waals surface area contributed by atoms with Crippen molar-refractivity contribution in [2.24, 2.45) is 0 Å². The fourth-order valence-electron chi connectivity index (χ4n) is 3.52. The van der Waals surface area contributed by atoms with Crippen LogP contribution in [-0.4, -0.2) is 47.2 Å². The molecule has 1 fully saturated rings. The first-order valence-corrected chi connectivity index (χ1v) is 8.60. The SMILES string of the molecule is FC(F)(F)c1cnc2c(n1)OCC[C@H]1CN(Cc3ccccc3)CCN21. The van der Waals surface area contributed by atoms with E-state index in [0.717, 1.165) is 32.3 Å². The average Bonchev–Trinajstić information content (AvgIpc) is 2.80. The molecule has 2 aliphatic heterocycles. The maximum Gasteiger partial charge on any atom is 0.435 e. The van der Waals surface area contributed by atoms with Crippen LogP contribution in [0, 0.1) is 0 Å². The molecule has 0 spiro atoms. The highest BCUT2D eigenvalue weighted by Crippen LogP contribution is 2.35. The average molecular weight is 364 g/mol. The second-order valence-corrected chi connectivity index (χ2v) is 6.59. The van der Waals surface area contributed by atoms with E-state index in [-0.39, 0.29) is 11.9 Å². The zero-order chi connectivity index (χ0) is 18.1. The van der Waals surface area contributed by atoms with Crippen molar-refractivity contribution in [3.63, 3.8) is 0 Å². The topological polar surface area (TPSA) is 41.5 Å². The number of aromatic nitrogens is 2. The highest BCUT2D eigenvalue weighted by molar-refractivity contribution is 5.51. The van der Waals surface area contributed by atoms with Gasteiger partial charge in [-0.15, -0.1) is 0 Å². The van der Waals surface area contributed by atoms with E-state index in [1.165, 1.54) is 5.56 Å². The van der Waals surface area contributed by atoms with Crippen molar-refractivity contribution in [2.45, 2.75) is 25.2 Å². The Labute approximate surface area is 149 Å². The zero-order valence-corrected chi connectivity index (χ0v) is 14.1. The molecule has 1 atom stereocenters. The molecular formula is C18H19F3N4O. The summed E-state index contributed by atoms with van der Waals surface area (Å²) in [5, 5.41) is 0. The zero-order valence-electron chi connectivity index (χ0n) is 14.1. The van der Waals surface area contributed by atoms with Gasteiger partial charge >= 0.3 is 6.18 Å². The van der Waals surface area contributed by atoms with E-state index in [9.17, 15) is 13.2 Å². The highest BCUT2D eigenvalue weighted by Gasteiger charge is 2.37. The van der Waals surface area contributed by atoms with E-state index >= 15 is 0 Å². The lowest BCUT2D eigenvalue weighted by molar-refractivity contribution is -0.141. The predicted molar refractivity (Wildman–Crippen MR) is 90.0 cm³/mol. The molecule has 8 heteroatoms. The molecule has 0 bridgehead atoms. The van der Waals surface area contributed by atoms with Gasteiger partial charge in [-0.3, -0.25) is 4.90 Å². The summed E-state index contributed by atoms with van der Waals surface area (Å²) in [5.74, 6) is 0.402. The lowest BCUT2D eigenvalue weighted by Gasteiger charge is -2.41. The summed E-state index contributed by atoms with van der Waals surface area (Å²) < 4.78 is 44.1. The third kappa shape index (κ3) is 3.46. The Morgan fingerprint density at radius 2 is 1.96 bits per heavy atom. The van der Waals surface area contributed by atoms with Crippen LogP contribution >= 0.6 is 0 Å². The standard InChI is InChI=1S/C18H19F3N4O/c19-18(20,21)15-10-22-16-17(23-15)26-9-6-14-12-24(7-8-25(14)16)11-13-4-2-1-3-5-13/h1-5,10,14H,6-9,11-12H2/t14-/m0/s1. The second-order valence-electron chi connectivity index (χ2n) is 6.59. The lowest BCUT2D eigenvalue weighted by Crippen LogP contribution is -2.53. The van der Waals surface area contributed by atoms with Crippen LogP contribution in [0.3, 0.4) is 0 Å². The Hall–Kier alpha value is -2.35. The van der Waals surface area contributed by atoms with Gasteiger partial charge in [0.05, 0.1) is 12.8 Å². The minimum absolute atomic E-state index is 0.0150. The maximum atomic E-state index is 12.9. The number of hydrogen-bond donors (Lipinski definition) is 0. The van der Waals surface area contributed by atoms with Gasteiger partial charge in [-0.2, -0.15) is 13.2 Å². The largest absolute Gasteiger partial charge is 0.475 e. The lowest BCUT2D eigenvalue weighted by atomic mass is 10.1. The summed E-state index contributed by atoms with van der Waals surface area (Å²) in [4.78, 5) is 12.1. The third-order valence-corrected chi connectivity index (χ3v) is 4.79. The first-order valence-electron chi connectivity index (χ1n) is 8.60. The molecule has 2 aromatic rings. The molecule has 26 heavy (non-hydrogen) atoms. The van der Waals surface area contributed by atoms with Crippen LogP contribution in [0.1, 0.15) is 17.7 Å². The Bertz CT molecular complexity index is 769. The number of fused-ring (bicyclic) bond motifs is 3. The van der Waals surface area contributed by atoms with Crippen molar-refractivity contribution in [2.75, 3.05) is 31.1 Å². The molecule has 0 amide bonds. The van der Waals surface area contributed by atoms with Crippen LogP contribution in [0.4, 0.5) is 19.0 Å². The number of alkyl halides is 3. The minimum atomic E-state index is -4.52. The molecule has 0 aliphatic carbocycles. The molecule has 4 rings (SSSR count). The number of nitrogens with zero attached hydrogens (tertiary/aromatic N) is 4. The molecule has 138 valence electrons. The highest BCUT2D eigenvalue weighted by atomic mass is 19.4. The Morgan fingerprint density at radius 3 is 2.73 bits per heavy atom. The molecule has 2 aliphatic rings. The van der Waals surface area contributed by atoms with Gasteiger partial charge in [-0.1, -0.05) is 30.3 Å². The molecule has 0 radical (unpaired) electrons. The monoisotopic (exact) mass is 364 g/mol. The molecule has 1 aromatic carbocycles. The first-order chi connectivity index (χ1) is 12.5. The van der Waals surface area contributed by atoms with Gasteiger partial charge in [0.25, 0.3) is 5.88 Å². The van der Waals surface area contributed by atoms with Gasteiger partial charge < -0.3 is 9.64 Å². The van der Waals surface area contributed by atoms with Crippen LogP contribution in [0.2, 0.25) is 0 Å². The summed E-state index contributed by atoms with van der Waals surface area (Å²) in [5.41, 5.74) is 0.234. The Balaban J connectivity index is 1.52. The van der Waals surface area contributed by atoms with Gasteiger partial charge in [-0.25, -0.2) is 9.97 Å². The molecular weight excluding hydrogens is 345 g/mol. The van der Waals surface area contributed by atoms with Gasteiger partial charge in [0.1, 0.15) is 0 Å². The van der Waals surface area contributed by atoms with Crippen molar-refractivity contribution in [3.05, 3.63) is 47.8 Å². The van der Waals surface area contributed by atoms with Crippen molar-refractivity contribution >= 4 is 5.82 Å². The number of hydrogen-bond acceptors (Lipinski definition) is 5. The Kier molecular flexibility index (Phi) is 4.44. The molecule has 0 N–H and O–H groups in total. The number of anilines is 1. The van der Waals surface area contributed by atoms with Crippen molar-refractivity contribution in [1.29, 1.82) is 0 Å². The van der Waals surface area contributed by atoms with Crippen LogP contribution in [-0.2, 0) is 12.7 Å².